The SMILES string of the molecule is Cn1cc(C(=O)c2ccccc2F)c2ccc(Cl)cc21. The van der Waals surface area contributed by atoms with E-state index in [4.69, 9.17) is 11.6 Å². The lowest BCUT2D eigenvalue weighted by Gasteiger charge is -2.01. The zero-order valence-corrected chi connectivity index (χ0v) is 11.5. The maximum Gasteiger partial charge on any atom is 0.198 e. The van der Waals surface area contributed by atoms with Crippen molar-refractivity contribution >= 4 is 28.3 Å². The van der Waals surface area contributed by atoms with Crippen molar-refractivity contribution in [1.29, 1.82) is 0 Å². The molecule has 4 heteroatoms. The van der Waals surface area contributed by atoms with Crippen LogP contribution < -0.4 is 0 Å². The molecule has 0 atom stereocenters. The van der Waals surface area contributed by atoms with Crippen molar-refractivity contribution in [2.75, 3.05) is 0 Å². The molecule has 3 aromatic rings. The van der Waals surface area contributed by atoms with Gasteiger partial charge in [-0.05, 0) is 24.3 Å². The molecule has 0 aliphatic rings. The average molecular weight is 288 g/mol. The Labute approximate surface area is 120 Å². The van der Waals surface area contributed by atoms with Crippen LogP contribution in [-0.4, -0.2) is 10.4 Å². The van der Waals surface area contributed by atoms with Gasteiger partial charge < -0.3 is 4.57 Å². The predicted molar refractivity (Wildman–Crippen MR) is 77.8 cm³/mol. The van der Waals surface area contributed by atoms with Gasteiger partial charge in [-0.1, -0.05) is 29.8 Å². The highest BCUT2D eigenvalue weighted by Gasteiger charge is 2.18. The third kappa shape index (κ3) is 2.00. The second kappa shape index (κ2) is 4.76. The van der Waals surface area contributed by atoms with Gasteiger partial charge in [0.15, 0.2) is 5.78 Å². The fourth-order valence-electron chi connectivity index (χ4n) is 2.33. The van der Waals surface area contributed by atoms with Gasteiger partial charge in [-0.25, -0.2) is 4.39 Å². The van der Waals surface area contributed by atoms with Gasteiger partial charge in [0.1, 0.15) is 5.82 Å². The smallest absolute Gasteiger partial charge is 0.198 e. The molecular formula is C16H11ClFNO. The molecule has 100 valence electrons. The maximum absolute atomic E-state index is 13.7. The molecule has 0 unspecified atom stereocenters. The highest BCUT2D eigenvalue weighted by atomic mass is 35.5. The van der Waals surface area contributed by atoms with E-state index in [2.05, 4.69) is 0 Å². The molecule has 0 amide bonds. The summed E-state index contributed by atoms with van der Waals surface area (Å²) in [5.74, 6) is -0.834. The van der Waals surface area contributed by atoms with Gasteiger partial charge in [-0.3, -0.25) is 4.79 Å². The first-order valence-electron chi connectivity index (χ1n) is 6.12. The van der Waals surface area contributed by atoms with E-state index in [0.29, 0.717) is 10.6 Å². The summed E-state index contributed by atoms with van der Waals surface area (Å²) in [7, 11) is 1.83. The van der Waals surface area contributed by atoms with Crippen LogP contribution in [-0.2, 0) is 7.05 Å². The van der Waals surface area contributed by atoms with Gasteiger partial charge >= 0.3 is 0 Å². The van der Waals surface area contributed by atoms with Crippen molar-refractivity contribution in [3.05, 3.63) is 70.6 Å². The number of rotatable bonds is 2. The second-order valence-electron chi connectivity index (χ2n) is 4.62. The lowest BCUT2D eigenvalue weighted by atomic mass is 10.0. The molecule has 3 rings (SSSR count). The number of aromatic nitrogens is 1. The van der Waals surface area contributed by atoms with Gasteiger partial charge in [-0.2, -0.15) is 0 Å². The molecule has 2 aromatic carbocycles. The number of hydrogen-bond acceptors (Lipinski definition) is 1. The van der Waals surface area contributed by atoms with Crippen molar-refractivity contribution in [1.82, 2.24) is 4.57 Å². The van der Waals surface area contributed by atoms with Crippen molar-refractivity contribution in [3.63, 3.8) is 0 Å². The number of ketones is 1. The quantitative estimate of drug-likeness (QED) is 0.647. The molecule has 0 saturated heterocycles. The minimum absolute atomic E-state index is 0.0787. The number of fused-ring (bicyclic) bond motifs is 1. The number of aryl methyl sites for hydroxylation is 1. The van der Waals surface area contributed by atoms with E-state index < -0.39 is 5.82 Å². The van der Waals surface area contributed by atoms with E-state index in [1.807, 2.05) is 11.6 Å². The number of carbonyl (C=O) groups is 1. The van der Waals surface area contributed by atoms with Gasteiger partial charge in [0.05, 0.1) is 5.56 Å². The lowest BCUT2D eigenvalue weighted by molar-refractivity contribution is 0.103. The van der Waals surface area contributed by atoms with E-state index in [9.17, 15) is 9.18 Å². The zero-order chi connectivity index (χ0) is 14.3. The van der Waals surface area contributed by atoms with Crippen LogP contribution >= 0.6 is 11.6 Å². The first-order chi connectivity index (χ1) is 9.58. The first kappa shape index (κ1) is 12.9. The van der Waals surface area contributed by atoms with Gasteiger partial charge in [0, 0.05) is 34.7 Å². The summed E-state index contributed by atoms with van der Waals surface area (Å²) < 4.78 is 15.6. The van der Waals surface area contributed by atoms with Crippen LogP contribution in [0.15, 0.2) is 48.7 Å². The fraction of sp³-hybridized carbons (Fsp3) is 0.0625. The molecule has 0 radical (unpaired) electrons. The van der Waals surface area contributed by atoms with E-state index in [-0.39, 0.29) is 11.3 Å². The minimum atomic E-state index is -0.511. The molecule has 1 aromatic heterocycles. The highest BCUT2D eigenvalue weighted by molar-refractivity contribution is 6.31. The summed E-state index contributed by atoms with van der Waals surface area (Å²) in [6, 6.07) is 11.3. The van der Waals surface area contributed by atoms with E-state index in [1.165, 1.54) is 12.1 Å². The fourth-order valence-corrected chi connectivity index (χ4v) is 2.49. The molecule has 2 nitrogen and oxygen atoms in total. The third-order valence-corrected chi connectivity index (χ3v) is 3.55. The van der Waals surface area contributed by atoms with Crippen molar-refractivity contribution < 1.29 is 9.18 Å². The Morgan fingerprint density at radius 3 is 2.65 bits per heavy atom. The minimum Gasteiger partial charge on any atom is -0.350 e. The Bertz CT molecular complexity index is 822. The highest BCUT2D eigenvalue weighted by Crippen LogP contribution is 2.26. The Hall–Kier alpha value is -2.13. The monoisotopic (exact) mass is 287 g/mol. The normalized spacial score (nSPS) is 10.9. The number of carbonyl (C=O) groups excluding carboxylic acids is 1. The Morgan fingerprint density at radius 1 is 1.15 bits per heavy atom. The third-order valence-electron chi connectivity index (χ3n) is 3.32. The van der Waals surface area contributed by atoms with Crippen LogP contribution in [0, 0.1) is 5.82 Å². The molecule has 0 N–H and O–H groups in total. The predicted octanol–water partition coefficient (Wildman–Crippen LogP) is 4.20. The van der Waals surface area contributed by atoms with E-state index in [0.717, 1.165) is 10.9 Å². The van der Waals surface area contributed by atoms with Gasteiger partial charge in [0.25, 0.3) is 0 Å². The number of benzene rings is 2. The Kier molecular flexibility index (Phi) is 3.07. The molecule has 0 aliphatic carbocycles. The summed E-state index contributed by atoms with van der Waals surface area (Å²) in [4.78, 5) is 12.5. The topological polar surface area (TPSA) is 22.0 Å². The van der Waals surface area contributed by atoms with Crippen LogP contribution in [0.3, 0.4) is 0 Å². The first-order valence-corrected chi connectivity index (χ1v) is 6.49. The van der Waals surface area contributed by atoms with Crippen molar-refractivity contribution in [2.45, 2.75) is 0 Å². The van der Waals surface area contributed by atoms with Crippen LogP contribution in [0.2, 0.25) is 5.02 Å². The average Bonchev–Trinajstić information content (AvgIpc) is 2.76. The van der Waals surface area contributed by atoms with E-state index in [1.54, 1.807) is 36.5 Å². The van der Waals surface area contributed by atoms with Crippen LogP contribution in [0.25, 0.3) is 10.9 Å². The summed E-state index contributed by atoms with van der Waals surface area (Å²) in [5, 5.41) is 1.37. The summed E-state index contributed by atoms with van der Waals surface area (Å²) in [6.45, 7) is 0. The zero-order valence-electron chi connectivity index (χ0n) is 10.7. The van der Waals surface area contributed by atoms with Crippen LogP contribution in [0.4, 0.5) is 4.39 Å². The maximum atomic E-state index is 13.7. The van der Waals surface area contributed by atoms with Crippen LogP contribution in [0.5, 0.6) is 0 Å². The molecular weight excluding hydrogens is 277 g/mol. The van der Waals surface area contributed by atoms with Crippen molar-refractivity contribution in [3.8, 4) is 0 Å². The number of hydrogen-bond donors (Lipinski definition) is 0. The van der Waals surface area contributed by atoms with Crippen molar-refractivity contribution in [2.24, 2.45) is 7.05 Å². The Morgan fingerprint density at radius 2 is 1.90 bits per heavy atom. The molecule has 0 aliphatic heterocycles. The van der Waals surface area contributed by atoms with E-state index >= 15 is 0 Å². The summed E-state index contributed by atoms with van der Waals surface area (Å²) >= 11 is 5.96. The van der Waals surface area contributed by atoms with Gasteiger partial charge in [0.2, 0.25) is 0 Å². The van der Waals surface area contributed by atoms with Gasteiger partial charge in [-0.15, -0.1) is 0 Å². The lowest BCUT2D eigenvalue weighted by Crippen LogP contribution is -2.03. The molecule has 0 spiro atoms. The van der Waals surface area contributed by atoms with Crippen LogP contribution in [0.1, 0.15) is 15.9 Å². The summed E-state index contributed by atoms with van der Waals surface area (Å²) in [6.07, 6.45) is 1.70. The summed E-state index contributed by atoms with van der Waals surface area (Å²) in [5.41, 5.74) is 1.40. The number of nitrogens with zero attached hydrogens (tertiary/aromatic N) is 1. The second-order valence-corrected chi connectivity index (χ2v) is 5.06. The molecule has 0 fully saturated rings. The molecule has 0 bridgehead atoms. The standard InChI is InChI=1S/C16H11ClFNO/c1-19-9-13(11-7-6-10(17)8-15(11)19)16(20)12-4-2-3-5-14(12)18/h2-9H,1H3. The molecule has 0 saturated carbocycles. The number of halogens is 2. The largest absolute Gasteiger partial charge is 0.350 e. The molecule has 20 heavy (non-hydrogen) atoms. The molecule has 1 heterocycles. The Balaban J connectivity index is 2.21.